The van der Waals surface area contributed by atoms with Crippen LogP contribution < -0.4 is 5.56 Å². The topological polar surface area (TPSA) is 65.6 Å². The van der Waals surface area contributed by atoms with Gasteiger partial charge >= 0.3 is 0 Å². The number of para-hydroxylation sites is 2. The Bertz CT molecular complexity index is 1440. The molecule has 6 nitrogen and oxygen atoms in total. The molecule has 144 valence electrons. The summed E-state index contributed by atoms with van der Waals surface area (Å²) in [5.74, 6) is 0. The number of nitrogens with zero attached hydrogens (tertiary/aromatic N) is 5. The minimum Gasteiger partial charge on any atom is -0.296 e. The third-order valence-corrected chi connectivity index (χ3v) is 5.59. The van der Waals surface area contributed by atoms with E-state index in [1.54, 1.807) is 10.9 Å². The molecule has 7 heteroatoms. The van der Waals surface area contributed by atoms with Gasteiger partial charge in [-0.3, -0.25) is 13.9 Å². The van der Waals surface area contributed by atoms with Crippen molar-refractivity contribution in [1.29, 1.82) is 0 Å². The Morgan fingerprint density at radius 2 is 1.69 bits per heavy atom. The van der Waals surface area contributed by atoms with Gasteiger partial charge in [-0.05, 0) is 49.7 Å². The second kappa shape index (κ2) is 6.67. The van der Waals surface area contributed by atoms with Crippen LogP contribution in [0.1, 0.15) is 26.3 Å². The highest BCUT2D eigenvalue weighted by molar-refractivity contribution is 6.30. The number of hydrogen-bond acceptors (Lipinski definition) is 4. The maximum Gasteiger partial charge on any atom is 0.265 e. The van der Waals surface area contributed by atoms with Gasteiger partial charge in [-0.25, -0.2) is 15.0 Å². The Morgan fingerprint density at radius 3 is 2.38 bits per heavy atom. The normalized spacial score (nSPS) is 12.8. The van der Waals surface area contributed by atoms with Gasteiger partial charge in [0.1, 0.15) is 17.2 Å². The summed E-state index contributed by atoms with van der Waals surface area (Å²) in [6.45, 7) is 4.06. The maximum absolute atomic E-state index is 13.4. The van der Waals surface area contributed by atoms with E-state index in [1.165, 1.54) is 0 Å². The quantitative estimate of drug-likeness (QED) is 0.429. The molecule has 1 atom stereocenters. The van der Waals surface area contributed by atoms with Crippen molar-refractivity contribution in [2.24, 2.45) is 0 Å². The number of benzene rings is 2. The predicted molar refractivity (Wildman–Crippen MR) is 116 cm³/mol. The first kappa shape index (κ1) is 17.8. The lowest BCUT2D eigenvalue weighted by Gasteiger charge is -2.12. The number of fused-ring (bicyclic) bond motifs is 4. The standard InChI is InChI=1S/C22H18ClN5O/c1-3-13(2)27-12-24-20-18(22(27)29)19-21(26-17-7-5-4-6-16(17)25-19)28(20)15-10-8-14(23)9-11-15/h4-13H,3H2,1-2H3/t13-/m1/s1. The molecule has 5 rings (SSSR count). The van der Waals surface area contributed by atoms with E-state index in [9.17, 15) is 4.79 Å². The fourth-order valence-electron chi connectivity index (χ4n) is 3.60. The zero-order chi connectivity index (χ0) is 20.1. The van der Waals surface area contributed by atoms with Crippen LogP contribution in [0.2, 0.25) is 5.02 Å². The third-order valence-electron chi connectivity index (χ3n) is 5.34. The minimum absolute atomic E-state index is 0.0433. The van der Waals surface area contributed by atoms with E-state index in [0.29, 0.717) is 27.2 Å². The van der Waals surface area contributed by atoms with Crippen molar-refractivity contribution >= 4 is 44.8 Å². The average Bonchev–Trinajstić information content (AvgIpc) is 3.06. The fourth-order valence-corrected chi connectivity index (χ4v) is 3.72. The smallest absolute Gasteiger partial charge is 0.265 e. The molecule has 3 aromatic heterocycles. The molecular formula is C22H18ClN5O. The molecule has 0 spiro atoms. The van der Waals surface area contributed by atoms with Crippen molar-refractivity contribution in [2.45, 2.75) is 26.3 Å². The molecule has 0 N–H and O–H groups in total. The van der Waals surface area contributed by atoms with E-state index in [2.05, 4.69) is 4.98 Å². The van der Waals surface area contributed by atoms with Crippen molar-refractivity contribution in [1.82, 2.24) is 24.1 Å². The van der Waals surface area contributed by atoms with Crippen LogP contribution in [-0.2, 0) is 0 Å². The van der Waals surface area contributed by atoms with Crippen molar-refractivity contribution in [3.8, 4) is 5.69 Å². The van der Waals surface area contributed by atoms with Gasteiger partial charge in [-0.2, -0.15) is 0 Å². The van der Waals surface area contributed by atoms with Gasteiger partial charge in [-0.15, -0.1) is 0 Å². The fraction of sp³-hybridized carbons (Fsp3) is 0.182. The predicted octanol–water partition coefficient (Wildman–Crippen LogP) is 4.91. The van der Waals surface area contributed by atoms with Gasteiger partial charge in [0.2, 0.25) is 0 Å². The molecule has 29 heavy (non-hydrogen) atoms. The van der Waals surface area contributed by atoms with Gasteiger partial charge < -0.3 is 0 Å². The van der Waals surface area contributed by atoms with Crippen LogP contribution in [0.25, 0.3) is 38.9 Å². The van der Waals surface area contributed by atoms with Crippen LogP contribution in [0.15, 0.2) is 59.7 Å². The van der Waals surface area contributed by atoms with Gasteiger partial charge in [0.15, 0.2) is 11.3 Å². The Kier molecular flexibility index (Phi) is 4.10. The second-order valence-electron chi connectivity index (χ2n) is 7.11. The summed E-state index contributed by atoms with van der Waals surface area (Å²) >= 11 is 6.08. The SMILES string of the molecule is CC[C@@H](C)n1cnc2c(c1=O)c1nc3ccccc3nc1n2-c1ccc(Cl)cc1. The molecule has 5 aromatic rings. The molecule has 0 aliphatic carbocycles. The highest BCUT2D eigenvalue weighted by atomic mass is 35.5. The van der Waals surface area contributed by atoms with Crippen LogP contribution in [0.5, 0.6) is 0 Å². The molecule has 0 bridgehead atoms. The Morgan fingerprint density at radius 1 is 1.00 bits per heavy atom. The van der Waals surface area contributed by atoms with E-state index >= 15 is 0 Å². The molecule has 0 radical (unpaired) electrons. The van der Waals surface area contributed by atoms with E-state index in [4.69, 9.17) is 21.6 Å². The van der Waals surface area contributed by atoms with Crippen molar-refractivity contribution < 1.29 is 0 Å². The number of rotatable bonds is 3. The zero-order valence-corrected chi connectivity index (χ0v) is 16.8. The number of halogens is 1. The lowest BCUT2D eigenvalue weighted by Crippen LogP contribution is -2.23. The summed E-state index contributed by atoms with van der Waals surface area (Å²) in [6.07, 6.45) is 2.45. The minimum atomic E-state index is -0.105. The van der Waals surface area contributed by atoms with E-state index in [0.717, 1.165) is 23.1 Å². The number of aromatic nitrogens is 5. The average molecular weight is 404 g/mol. The van der Waals surface area contributed by atoms with E-state index in [1.807, 2.05) is 66.9 Å². The zero-order valence-electron chi connectivity index (χ0n) is 16.0. The number of hydrogen-bond donors (Lipinski definition) is 0. The van der Waals surface area contributed by atoms with Crippen molar-refractivity contribution in [3.05, 3.63) is 70.2 Å². The highest BCUT2D eigenvalue weighted by Crippen LogP contribution is 2.29. The summed E-state index contributed by atoms with van der Waals surface area (Å²) in [6, 6.07) is 15.1. The van der Waals surface area contributed by atoms with E-state index in [-0.39, 0.29) is 11.6 Å². The van der Waals surface area contributed by atoms with Gasteiger partial charge in [-0.1, -0.05) is 30.7 Å². The first-order chi connectivity index (χ1) is 14.1. The van der Waals surface area contributed by atoms with Gasteiger partial charge in [0.05, 0.1) is 11.0 Å². The molecule has 0 aliphatic rings. The molecule has 2 aromatic carbocycles. The maximum atomic E-state index is 13.4. The Hall–Kier alpha value is -3.25. The van der Waals surface area contributed by atoms with Crippen molar-refractivity contribution in [3.63, 3.8) is 0 Å². The van der Waals surface area contributed by atoms with Gasteiger partial charge in [0, 0.05) is 16.8 Å². The Labute approximate surface area is 171 Å². The summed E-state index contributed by atoms with van der Waals surface area (Å²) < 4.78 is 3.55. The molecular weight excluding hydrogens is 386 g/mol. The first-order valence-electron chi connectivity index (χ1n) is 9.52. The molecule has 0 saturated carbocycles. The largest absolute Gasteiger partial charge is 0.296 e. The molecule has 0 saturated heterocycles. The summed E-state index contributed by atoms with van der Waals surface area (Å²) in [7, 11) is 0. The molecule has 0 unspecified atom stereocenters. The lowest BCUT2D eigenvalue weighted by atomic mass is 10.2. The summed E-state index contributed by atoms with van der Waals surface area (Å²) in [5, 5.41) is 1.12. The lowest BCUT2D eigenvalue weighted by molar-refractivity contribution is 0.510. The van der Waals surface area contributed by atoms with Crippen LogP contribution in [-0.4, -0.2) is 24.1 Å². The molecule has 3 heterocycles. The third kappa shape index (κ3) is 2.71. The molecule has 0 aliphatic heterocycles. The van der Waals surface area contributed by atoms with E-state index < -0.39 is 0 Å². The van der Waals surface area contributed by atoms with Crippen molar-refractivity contribution in [2.75, 3.05) is 0 Å². The monoisotopic (exact) mass is 403 g/mol. The molecule has 0 amide bonds. The molecule has 0 fully saturated rings. The van der Waals surface area contributed by atoms with Crippen LogP contribution >= 0.6 is 11.6 Å². The van der Waals surface area contributed by atoms with Crippen LogP contribution in [0, 0.1) is 0 Å². The van der Waals surface area contributed by atoms with Crippen LogP contribution in [0.4, 0.5) is 0 Å². The summed E-state index contributed by atoms with van der Waals surface area (Å²) in [5.41, 5.74) is 3.94. The first-order valence-corrected chi connectivity index (χ1v) is 9.90. The highest BCUT2D eigenvalue weighted by Gasteiger charge is 2.21. The van der Waals surface area contributed by atoms with Crippen LogP contribution in [0.3, 0.4) is 0 Å². The van der Waals surface area contributed by atoms with Gasteiger partial charge in [0.25, 0.3) is 5.56 Å². The second-order valence-corrected chi connectivity index (χ2v) is 7.55. The Balaban J connectivity index is 1.98. The summed E-state index contributed by atoms with van der Waals surface area (Å²) in [4.78, 5) is 27.7.